The number of guanidine groups is 1. The van der Waals surface area contributed by atoms with E-state index in [9.17, 15) is 9.18 Å². The summed E-state index contributed by atoms with van der Waals surface area (Å²) in [7, 11) is 1.68. The first-order chi connectivity index (χ1) is 11.7. The molecule has 6 heteroatoms. The molecule has 24 heavy (non-hydrogen) atoms. The fourth-order valence-electron chi connectivity index (χ4n) is 2.98. The van der Waals surface area contributed by atoms with Crippen LogP contribution >= 0.6 is 0 Å². The van der Waals surface area contributed by atoms with Crippen molar-refractivity contribution < 1.29 is 9.18 Å². The standard InChI is InChI=1S/C18H27FN4O/c1-20-18(23-13-15-7-4-8-16(19)11-15)22-10-9-21-17(24)12-14-5-2-3-6-14/h4,7-8,11,14H,2-3,5-6,9-10,12-13H2,1H3,(H,21,24)(H2,20,22,23). The summed E-state index contributed by atoms with van der Waals surface area (Å²) >= 11 is 0. The number of halogens is 1. The number of nitrogens with one attached hydrogen (secondary N) is 3. The Labute approximate surface area is 143 Å². The Morgan fingerprint density at radius 3 is 2.67 bits per heavy atom. The highest BCUT2D eigenvalue weighted by Crippen LogP contribution is 2.27. The maximum atomic E-state index is 13.1. The molecule has 0 bridgehead atoms. The zero-order chi connectivity index (χ0) is 17.2. The van der Waals surface area contributed by atoms with Gasteiger partial charge in [0.05, 0.1) is 0 Å². The third-order valence-electron chi connectivity index (χ3n) is 4.26. The Bertz CT molecular complexity index is 556. The minimum absolute atomic E-state index is 0.131. The smallest absolute Gasteiger partial charge is 0.220 e. The van der Waals surface area contributed by atoms with Crippen LogP contribution in [0.4, 0.5) is 4.39 Å². The van der Waals surface area contributed by atoms with Gasteiger partial charge in [-0.05, 0) is 36.5 Å². The monoisotopic (exact) mass is 334 g/mol. The molecule has 0 saturated heterocycles. The lowest BCUT2D eigenvalue weighted by atomic mass is 10.0. The van der Waals surface area contributed by atoms with Gasteiger partial charge in [-0.3, -0.25) is 9.79 Å². The van der Waals surface area contributed by atoms with Crippen molar-refractivity contribution in [2.75, 3.05) is 20.1 Å². The molecule has 0 aliphatic heterocycles. The van der Waals surface area contributed by atoms with E-state index >= 15 is 0 Å². The van der Waals surface area contributed by atoms with Crippen LogP contribution in [0, 0.1) is 11.7 Å². The van der Waals surface area contributed by atoms with Crippen LogP contribution in [0.15, 0.2) is 29.3 Å². The quantitative estimate of drug-likeness (QED) is 0.407. The van der Waals surface area contributed by atoms with E-state index in [-0.39, 0.29) is 11.7 Å². The predicted molar refractivity (Wildman–Crippen MR) is 94.2 cm³/mol. The third-order valence-corrected chi connectivity index (χ3v) is 4.26. The molecule has 0 heterocycles. The van der Waals surface area contributed by atoms with Gasteiger partial charge in [0, 0.05) is 33.1 Å². The van der Waals surface area contributed by atoms with E-state index < -0.39 is 0 Å². The molecule has 1 fully saturated rings. The molecular weight excluding hydrogens is 307 g/mol. The maximum absolute atomic E-state index is 13.1. The van der Waals surface area contributed by atoms with Gasteiger partial charge in [-0.2, -0.15) is 0 Å². The summed E-state index contributed by atoms with van der Waals surface area (Å²) in [6, 6.07) is 6.45. The highest BCUT2D eigenvalue weighted by atomic mass is 19.1. The van der Waals surface area contributed by atoms with E-state index in [4.69, 9.17) is 0 Å². The van der Waals surface area contributed by atoms with Crippen molar-refractivity contribution >= 4 is 11.9 Å². The first-order valence-electron chi connectivity index (χ1n) is 8.63. The van der Waals surface area contributed by atoms with Crippen molar-refractivity contribution in [2.24, 2.45) is 10.9 Å². The number of aliphatic imine (C=N–C) groups is 1. The van der Waals surface area contributed by atoms with E-state index in [1.54, 1.807) is 13.1 Å². The van der Waals surface area contributed by atoms with Crippen LogP contribution < -0.4 is 16.0 Å². The molecule has 3 N–H and O–H groups in total. The van der Waals surface area contributed by atoms with Gasteiger partial charge in [0.1, 0.15) is 5.82 Å². The minimum atomic E-state index is -0.248. The lowest BCUT2D eigenvalue weighted by molar-refractivity contribution is -0.121. The van der Waals surface area contributed by atoms with Gasteiger partial charge in [-0.15, -0.1) is 0 Å². The SMILES string of the molecule is CN=C(NCCNC(=O)CC1CCCC1)NCc1cccc(F)c1. The molecule has 0 atom stereocenters. The number of benzene rings is 1. The van der Waals surface area contributed by atoms with Crippen molar-refractivity contribution in [2.45, 2.75) is 38.6 Å². The zero-order valence-electron chi connectivity index (χ0n) is 14.3. The molecule has 2 rings (SSSR count). The fourth-order valence-corrected chi connectivity index (χ4v) is 2.98. The van der Waals surface area contributed by atoms with Gasteiger partial charge < -0.3 is 16.0 Å². The molecular formula is C18H27FN4O. The van der Waals surface area contributed by atoms with E-state index in [0.29, 0.717) is 37.9 Å². The first-order valence-corrected chi connectivity index (χ1v) is 8.63. The van der Waals surface area contributed by atoms with E-state index in [0.717, 1.165) is 5.56 Å². The zero-order valence-corrected chi connectivity index (χ0v) is 14.3. The van der Waals surface area contributed by atoms with Gasteiger partial charge in [0.2, 0.25) is 5.91 Å². The van der Waals surface area contributed by atoms with Crippen molar-refractivity contribution in [1.29, 1.82) is 0 Å². The Morgan fingerprint density at radius 2 is 1.96 bits per heavy atom. The summed E-state index contributed by atoms with van der Waals surface area (Å²) in [4.78, 5) is 15.9. The third kappa shape index (κ3) is 6.56. The molecule has 1 amide bonds. The van der Waals surface area contributed by atoms with Crippen molar-refractivity contribution in [3.8, 4) is 0 Å². The highest BCUT2D eigenvalue weighted by molar-refractivity contribution is 5.80. The van der Waals surface area contributed by atoms with Gasteiger partial charge in [0.25, 0.3) is 0 Å². The molecule has 0 aromatic heterocycles. The molecule has 132 valence electrons. The molecule has 5 nitrogen and oxygen atoms in total. The number of nitrogens with zero attached hydrogens (tertiary/aromatic N) is 1. The van der Waals surface area contributed by atoms with Crippen LogP contribution in [-0.2, 0) is 11.3 Å². The molecule has 1 aromatic rings. The number of carbonyl (C=O) groups is 1. The molecule has 1 aromatic carbocycles. The molecule has 1 saturated carbocycles. The van der Waals surface area contributed by atoms with Crippen LogP contribution in [0.2, 0.25) is 0 Å². The maximum Gasteiger partial charge on any atom is 0.220 e. The second-order valence-electron chi connectivity index (χ2n) is 6.19. The Balaban J connectivity index is 1.60. The Morgan fingerprint density at radius 1 is 1.21 bits per heavy atom. The van der Waals surface area contributed by atoms with E-state index in [2.05, 4.69) is 20.9 Å². The van der Waals surface area contributed by atoms with E-state index in [1.165, 1.54) is 37.8 Å². The van der Waals surface area contributed by atoms with Crippen LogP contribution in [0.25, 0.3) is 0 Å². The highest BCUT2D eigenvalue weighted by Gasteiger charge is 2.17. The minimum Gasteiger partial charge on any atom is -0.355 e. The predicted octanol–water partition coefficient (Wildman–Crippen LogP) is 2.19. The van der Waals surface area contributed by atoms with Gasteiger partial charge in [-0.25, -0.2) is 4.39 Å². The van der Waals surface area contributed by atoms with Gasteiger partial charge >= 0.3 is 0 Å². The number of hydrogen-bond donors (Lipinski definition) is 3. The van der Waals surface area contributed by atoms with Crippen LogP contribution in [0.5, 0.6) is 0 Å². The molecule has 1 aliphatic rings. The molecule has 0 unspecified atom stereocenters. The van der Waals surface area contributed by atoms with Crippen molar-refractivity contribution in [3.05, 3.63) is 35.6 Å². The first kappa shape index (κ1) is 18.2. The second-order valence-corrected chi connectivity index (χ2v) is 6.19. The second kappa shape index (κ2) is 9.90. The lowest BCUT2D eigenvalue weighted by Crippen LogP contribution is -2.41. The average Bonchev–Trinajstić information content (AvgIpc) is 3.07. The Kier molecular flexibility index (Phi) is 7.52. The topological polar surface area (TPSA) is 65.5 Å². The van der Waals surface area contributed by atoms with Crippen LogP contribution in [-0.4, -0.2) is 32.0 Å². The molecule has 0 radical (unpaired) electrons. The summed E-state index contributed by atoms with van der Waals surface area (Å²) in [5.41, 5.74) is 0.850. The van der Waals surface area contributed by atoms with Crippen molar-refractivity contribution in [3.63, 3.8) is 0 Å². The summed E-state index contributed by atoms with van der Waals surface area (Å²) in [5.74, 6) is 1.08. The summed E-state index contributed by atoms with van der Waals surface area (Å²) < 4.78 is 13.1. The normalized spacial score (nSPS) is 15.3. The number of rotatable bonds is 7. The summed E-state index contributed by atoms with van der Waals surface area (Å²) in [5, 5.41) is 9.19. The summed E-state index contributed by atoms with van der Waals surface area (Å²) in [6.45, 7) is 1.65. The van der Waals surface area contributed by atoms with Gasteiger partial charge in [-0.1, -0.05) is 25.0 Å². The summed E-state index contributed by atoms with van der Waals surface area (Å²) in [6.07, 6.45) is 5.52. The number of amides is 1. The lowest BCUT2D eigenvalue weighted by Gasteiger charge is -2.13. The van der Waals surface area contributed by atoms with Crippen LogP contribution in [0.1, 0.15) is 37.7 Å². The van der Waals surface area contributed by atoms with Crippen LogP contribution in [0.3, 0.4) is 0 Å². The van der Waals surface area contributed by atoms with Gasteiger partial charge in [0.15, 0.2) is 5.96 Å². The number of hydrogen-bond acceptors (Lipinski definition) is 2. The average molecular weight is 334 g/mol. The Hall–Kier alpha value is -2.11. The molecule has 0 spiro atoms. The number of carbonyl (C=O) groups excluding carboxylic acids is 1. The molecule has 1 aliphatic carbocycles. The van der Waals surface area contributed by atoms with Crippen molar-refractivity contribution in [1.82, 2.24) is 16.0 Å². The fraction of sp³-hybridized carbons (Fsp3) is 0.556. The van der Waals surface area contributed by atoms with E-state index in [1.807, 2.05) is 6.07 Å². The largest absolute Gasteiger partial charge is 0.355 e.